The Morgan fingerprint density at radius 3 is 2.36 bits per heavy atom. The molecule has 0 radical (unpaired) electrons. The Balaban J connectivity index is 1.71. The van der Waals surface area contributed by atoms with Crippen molar-refractivity contribution in [2.45, 2.75) is 44.9 Å². The highest BCUT2D eigenvalue weighted by atomic mass is 16.5. The van der Waals surface area contributed by atoms with Crippen LogP contribution in [0.3, 0.4) is 0 Å². The lowest BCUT2D eigenvalue weighted by Gasteiger charge is -2.20. The third-order valence-electron chi connectivity index (χ3n) is 3.55. The molecule has 14 heavy (non-hydrogen) atoms. The van der Waals surface area contributed by atoms with Crippen molar-refractivity contribution in [1.29, 1.82) is 0 Å². The molecule has 2 rings (SSSR count). The Bertz CT molecular complexity index is 166. The monoisotopic (exact) mass is 199 g/mol. The van der Waals surface area contributed by atoms with Gasteiger partial charge >= 0.3 is 0 Å². The molecular formula is C11H21NO2. The van der Waals surface area contributed by atoms with Gasteiger partial charge in [-0.05, 0) is 32.6 Å². The van der Waals surface area contributed by atoms with Crippen LogP contribution in [0, 0.1) is 5.92 Å². The van der Waals surface area contributed by atoms with Gasteiger partial charge in [-0.15, -0.1) is 0 Å². The molecule has 2 aliphatic rings. The first-order valence-electron chi connectivity index (χ1n) is 5.74. The van der Waals surface area contributed by atoms with Crippen LogP contribution in [0.1, 0.15) is 26.7 Å². The van der Waals surface area contributed by atoms with Crippen LogP contribution in [-0.2, 0) is 9.47 Å². The Labute approximate surface area is 86.2 Å². The van der Waals surface area contributed by atoms with E-state index >= 15 is 0 Å². The molecular weight excluding hydrogens is 178 g/mol. The van der Waals surface area contributed by atoms with Crippen molar-refractivity contribution in [2.75, 3.05) is 19.8 Å². The topological polar surface area (TPSA) is 30.5 Å². The highest BCUT2D eigenvalue weighted by Gasteiger charge is 2.28. The predicted molar refractivity (Wildman–Crippen MR) is 55.3 cm³/mol. The smallest absolute Gasteiger partial charge is 0.0700 e. The van der Waals surface area contributed by atoms with Gasteiger partial charge in [0.25, 0.3) is 0 Å². The van der Waals surface area contributed by atoms with Gasteiger partial charge in [0.15, 0.2) is 0 Å². The fourth-order valence-electron chi connectivity index (χ4n) is 2.35. The molecule has 0 spiro atoms. The Hall–Kier alpha value is -0.120. The maximum absolute atomic E-state index is 5.54. The van der Waals surface area contributed by atoms with Gasteiger partial charge in [-0.2, -0.15) is 0 Å². The van der Waals surface area contributed by atoms with Gasteiger partial charge in [0.1, 0.15) is 0 Å². The van der Waals surface area contributed by atoms with Crippen LogP contribution in [0.4, 0.5) is 0 Å². The summed E-state index contributed by atoms with van der Waals surface area (Å²) in [4.78, 5) is 0. The molecule has 2 aliphatic heterocycles. The molecule has 2 saturated heterocycles. The maximum Gasteiger partial charge on any atom is 0.0700 e. The van der Waals surface area contributed by atoms with E-state index in [1.807, 2.05) is 0 Å². The highest BCUT2D eigenvalue weighted by molar-refractivity contribution is 4.82. The molecule has 2 fully saturated rings. The number of hydrogen-bond donors (Lipinski definition) is 1. The van der Waals surface area contributed by atoms with E-state index in [9.17, 15) is 0 Å². The van der Waals surface area contributed by atoms with Gasteiger partial charge < -0.3 is 14.8 Å². The number of ether oxygens (including phenoxy) is 2. The molecule has 4 atom stereocenters. The second kappa shape index (κ2) is 4.60. The molecule has 3 heteroatoms. The Morgan fingerprint density at radius 2 is 1.79 bits per heavy atom. The first-order valence-corrected chi connectivity index (χ1v) is 5.74. The van der Waals surface area contributed by atoms with Crippen LogP contribution < -0.4 is 5.32 Å². The molecule has 0 aliphatic carbocycles. The fraction of sp³-hybridized carbons (Fsp3) is 1.00. The van der Waals surface area contributed by atoms with Crippen LogP contribution >= 0.6 is 0 Å². The molecule has 0 aromatic heterocycles. The zero-order valence-corrected chi connectivity index (χ0v) is 9.16. The number of nitrogens with one attached hydrogen (secondary N) is 1. The van der Waals surface area contributed by atoms with Gasteiger partial charge in [0.2, 0.25) is 0 Å². The molecule has 4 unspecified atom stereocenters. The van der Waals surface area contributed by atoms with Crippen LogP contribution in [0.15, 0.2) is 0 Å². The molecule has 0 bridgehead atoms. The van der Waals surface area contributed by atoms with E-state index in [1.165, 1.54) is 6.42 Å². The summed E-state index contributed by atoms with van der Waals surface area (Å²) in [6.07, 6.45) is 3.17. The lowest BCUT2D eigenvalue weighted by atomic mass is 10.0. The highest BCUT2D eigenvalue weighted by Crippen LogP contribution is 2.20. The van der Waals surface area contributed by atoms with Gasteiger partial charge in [-0.25, -0.2) is 0 Å². The molecule has 3 nitrogen and oxygen atoms in total. The van der Waals surface area contributed by atoms with E-state index in [0.717, 1.165) is 26.2 Å². The van der Waals surface area contributed by atoms with E-state index in [1.54, 1.807) is 0 Å². The first-order chi connectivity index (χ1) is 6.77. The van der Waals surface area contributed by atoms with Crippen molar-refractivity contribution in [3.63, 3.8) is 0 Å². The minimum atomic E-state index is 0.382. The molecule has 1 N–H and O–H groups in total. The molecule has 2 heterocycles. The largest absolute Gasteiger partial charge is 0.378 e. The second-order valence-electron chi connectivity index (χ2n) is 4.50. The van der Waals surface area contributed by atoms with Crippen molar-refractivity contribution < 1.29 is 9.47 Å². The van der Waals surface area contributed by atoms with E-state index in [2.05, 4.69) is 19.2 Å². The van der Waals surface area contributed by atoms with E-state index < -0.39 is 0 Å². The second-order valence-corrected chi connectivity index (χ2v) is 4.50. The van der Waals surface area contributed by atoms with Gasteiger partial charge in [-0.3, -0.25) is 0 Å². The molecule has 0 aromatic rings. The molecule has 82 valence electrons. The van der Waals surface area contributed by atoms with Crippen LogP contribution in [0.25, 0.3) is 0 Å². The van der Waals surface area contributed by atoms with Crippen molar-refractivity contribution >= 4 is 0 Å². The first kappa shape index (κ1) is 10.4. The minimum Gasteiger partial charge on any atom is -0.378 e. The summed E-state index contributed by atoms with van der Waals surface area (Å²) in [5, 5.41) is 3.60. The zero-order valence-electron chi connectivity index (χ0n) is 9.16. The van der Waals surface area contributed by atoms with E-state index in [0.29, 0.717) is 24.2 Å². The van der Waals surface area contributed by atoms with E-state index in [-0.39, 0.29) is 0 Å². The molecule has 0 saturated carbocycles. The molecule has 0 aromatic carbocycles. The third kappa shape index (κ3) is 2.27. The maximum atomic E-state index is 5.54. The van der Waals surface area contributed by atoms with Gasteiger partial charge in [-0.1, -0.05) is 0 Å². The van der Waals surface area contributed by atoms with Gasteiger partial charge in [0, 0.05) is 25.8 Å². The quantitative estimate of drug-likeness (QED) is 0.740. The minimum absolute atomic E-state index is 0.382. The third-order valence-corrected chi connectivity index (χ3v) is 3.55. The van der Waals surface area contributed by atoms with Crippen molar-refractivity contribution in [1.82, 2.24) is 5.32 Å². The van der Waals surface area contributed by atoms with Crippen molar-refractivity contribution in [3.05, 3.63) is 0 Å². The summed E-state index contributed by atoms with van der Waals surface area (Å²) in [7, 11) is 0. The van der Waals surface area contributed by atoms with Crippen LogP contribution in [-0.4, -0.2) is 38.0 Å². The predicted octanol–water partition coefficient (Wildman–Crippen LogP) is 1.18. The van der Waals surface area contributed by atoms with Crippen molar-refractivity contribution in [2.24, 2.45) is 5.92 Å². The fourth-order valence-corrected chi connectivity index (χ4v) is 2.35. The SMILES string of the molecule is CC1OCCC1CNC1CCOC1C. The standard InChI is InChI=1S/C11H21NO2/c1-8-10(3-5-13-8)7-12-11-4-6-14-9(11)2/h8-12H,3-7H2,1-2H3. The summed E-state index contributed by atoms with van der Waals surface area (Å²) in [6, 6.07) is 0.558. The summed E-state index contributed by atoms with van der Waals surface area (Å²) in [6.45, 7) is 7.26. The summed E-state index contributed by atoms with van der Waals surface area (Å²) < 4.78 is 11.0. The lowest BCUT2D eigenvalue weighted by Crippen LogP contribution is -2.39. The summed E-state index contributed by atoms with van der Waals surface area (Å²) in [5.41, 5.74) is 0. The number of rotatable bonds is 3. The van der Waals surface area contributed by atoms with Crippen LogP contribution in [0.5, 0.6) is 0 Å². The molecule has 0 amide bonds. The lowest BCUT2D eigenvalue weighted by molar-refractivity contribution is 0.0981. The number of hydrogen-bond acceptors (Lipinski definition) is 3. The zero-order chi connectivity index (χ0) is 9.97. The average Bonchev–Trinajstić information content (AvgIpc) is 2.72. The Morgan fingerprint density at radius 1 is 1.07 bits per heavy atom. The van der Waals surface area contributed by atoms with Gasteiger partial charge in [0.05, 0.1) is 12.2 Å². The normalized spacial score (nSPS) is 43.3. The Kier molecular flexibility index (Phi) is 3.42. The summed E-state index contributed by atoms with van der Waals surface area (Å²) in [5.74, 6) is 0.697. The van der Waals surface area contributed by atoms with Crippen LogP contribution in [0.2, 0.25) is 0 Å². The van der Waals surface area contributed by atoms with E-state index in [4.69, 9.17) is 9.47 Å². The van der Waals surface area contributed by atoms with Crippen molar-refractivity contribution in [3.8, 4) is 0 Å². The average molecular weight is 199 g/mol. The summed E-state index contributed by atoms with van der Waals surface area (Å²) >= 11 is 0.